The lowest BCUT2D eigenvalue weighted by Gasteiger charge is -1.92. The first-order valence-electron chi connectivity index (χ1n) is 2.41. The maximum atomic E-state index is 5.48. The normalized spacial score (nSPS) is 10.7. The number of aromatic nitrogens is 1. The van der Waals surface area contributed by atoms with Gasteiger partial charge in [0.2, 0.25) is 0 Å². The molecule has 0 N–H and O–H groups in total. The molecule has 2 nitrogen and oxygen atoms in total. The SMILES string of the molecule is Cc1cnoc1C(Cl)Cl. The molecule has 0 bridgehead atoms. The summed E-state index contributed by atoms with van der Waals surface area (Å²) in [5.41, 5.74) is 0.880. The molecule has 0 saturated carbocycles. The summed E-state index contributed by atoms with van der Waals surface area (Å²) in [7, 11) is 0. The van der Waals surface area contributed by atoms with E-state index < -0.39 is 4.84 Å². The summed E-state index contributed by atoms with van der Waals surface area (Å²) in [5, 5.41) is 3.50. The van der Waals surface area contributed by atoms with Crippen molar-refractivity contribution >= 4 is 23.2 Å². The Morgan fingerprint density at radius 2 is 2.33 bits per heavy atom. The Hall–Kier alpha value is -0.210. The average molecular weight is 166 g/mol. The van der Waals surface area contributed by atoms with E-state index >= 15 is 0 Å². The number of nitrogens with zero attached hydrogens (tertiary/aromatic N) is 1. The van der Waals surface area contributed by atoms with E-state index in [4.69, 9.17) is 27.7 Å². The molecular formula is C5H5Cl2NO. The third-order valence-corrected chi connectivity index (χ3v) is 1.38. The quantitative estimate of drug-likeness (QED) is 0.598. The van der Waals surface area contributed by atoms with Crippen molar-refractivity contribution in [2.75, 3.05) is 0 Å². The van der Waals surface area contributed by atoms with Crippen molar-refractivity contribution in [1.29, 1.82) is 0 Å². The fraction of sp³-hybridized carbons (Fsp3) is 0.400. The van der Waals surface area contributed by atoms with Gasteiger partial charge in [-0.25, -0.2) is 0 Å². The van der Waals surface area contributed by atoms with Crippen LogP contribution in [0.15, 0.2) is 10.7 Å². The first kappa shape index (κ1) is 6.90. The second-order valence-corrected chi connectivity index (χ2v) is 2.77. The second-order valence-electron chi connectivity index (χ2n) is 1.67. The number of hydrogen-bond acceptors (Lipinski definition) is 2. The molecule has 1 heterocycles. The van der Waals surface area contributed by atoms with Gasteiger partial charge in [0.25, 0.3) is 0 Å². The van der Waals surface area contributed by atoms with Crippen LogP contribution >= 0.6 is 23.2 Å². The van der Waals surface area contributed by atoms with Crippen molar-refractivity contribution in [3.8, 4) is 0 Å². The van der Waals surface area contributed by atoms with Crippen LogP contribution in [0.1, 0.15) is 16.2 Å². The number of halogens is 2. The van der Waals surface area contributed by atoms with Crippen LogP contribution in [0.25, 0.3) is 0 Å². The minimum atomic E-state index is -0.604. The molecule has 0 spiro atoms. The first-order chi connectivity index (χ1) is 4.22. The molecule has 0 aliphatic heterocycles. The predicted molar refractivity (Wildman–Crippen MR) is 35.7 cm³/mol. The third-order valence-electron chi connectivity index (χ3n) is 0.984. The monoisotopic (exact) mass is 165 g/mol. The molecule has 4 heteroatoms. The van der Waals surface area contributed by atoms with Crippen molar-refractivity contribution in [2.24, 2.45) is 0 Å². The Bertz CT molecular complexity index is 197. The van der Waals surface area contributed by atoms with Crippen LogP contribution in [0.5, 0.6) is 0 Å². The molecule has 50 valence electrons. The van der Waals surface area contributed by atoms with Crippen LogP contribution in [0.3, 0.4) is 0 Å². The summed E-state index contributed by atoms with van der Waals surface area (Å²) in [4.78, 5) is -0.604. The van der Waals surface area contributed by atoms with E-state index in [2.05, 4.69) is 5.16 Å². The van der Waals surface area contributed by atoms with Crippen LogP contribution < -0.4 is 0 Å². The third kappa shape index (κ3) is 1.37. The largest absolute Gasteiger partial charge is 0.358 e. The van der Waals surface area contributed by atoms with Crippen molar-refractivity contribution in [2.45, 2.75) is 11.8 Å². The van der Waals surface area contributed by atoms with Crippen LogP contribution in [0.2, 0.25) is 0 Å². The van der Waals surface area contributed by atoms with Gasteiger partial charge >= 0.3 is 0 Å². The minimum Gasteiger partial charge on any atom is -0.358 e. The Kier molecular flexibility index (Phi) is 1.98. The summed E-state index contributed by atoms with van der Waals surface area (Å²) >= 11 is 11.0. The average Bonchev–Trinajstić information content (AvgIpc) is 2.13. The molecule has 0 unspecified atom stereocenters. The lowest BCUT2D eigenvalue weighted by Crippen LogP contribution is -1.78. The van der Waals surface area contributed by atoms with Gasteiger partial charge in [-0.1, -0.05) is 28.4 Å². The molecule has 0 radical (unpaired) electrons. The van der Waals surface area contributed by atoms with E-state index in [0.29, 0.717) is 5.76 Å². The standard InChI is InChI=1S/C5H5Cl2NO/c1-3-2-8-9-4(3)5(6)7/h2,5H,1H3. The van der Waals surface area contributed by atoms with Crippen molar-refractivity contribution < 1.29 is 4.52 Å². The molecule has 1 rings (SSSR count). The molecule has 0 atom stereocenters. The van der Waals surface area contributed by atoms with E-state index in [1.54, 1.807) is 6.20 Å². The predicted octanol–water partition coefficient (Wildman–Crippen LogP) is 2.46. The van der Waals surface area contributed by atoms with Crippen molar-refractivity contribution in [3.05, 3.63) is 17.5 Å². The Morgan fingerprint density at radius 3 is 2.56 bits per heavy atom. The highest BCUT2D eigenvalue weighted by Gasteiger charge is 2.10. The fourth-order valence-electron chi connectivity index (χ4n) is 0.510. The highest BCUT2D eigenvalue weighted by Crippen LogP contribution is 2.26. The smallest absolute Gasteiger partial charge is 0.172 e. The summed E-state index contributed by atoms with van der Waals surface area (Å²) in [6.45, 7) is 1.84. The van der Waals surface area contributed by atoms with Crippen molar-refractivity contribution in [1.82, 2.24) is 5.16 Å². The summed E-state index contributed by atoms with van der Waals surface area (Å²) in [6.07, 6.45) is 1.58. The number of rotatable bonds is 1. The number of aryl methyl sites for hydroxylation is 1. The highest BCUT2D eigenvalue weighted by molar-refractivity contribution is 6.43. The number of alkyl halides is 2. The lowest BCUT2D eigenvalue weighted by atomic mass is 10.3. The van der Waals surface area contributed by atoms with Crippen molar-refractivity contribution in [3.63, 3.8) is 0 Å². The Balaban J connectivity index is 2.94. The van der Waals surface area contributed by atoms with Gasteiger partial charge in [0.1, 0.15) is 0 Å². The van der Waals surface area contributed by atoms with Crippen LogP contribution in [-0.4, -0.2) is 5.16 Å². The topological polar surface area (TPSA) is 26.0 Å². The van der Waals surface area contributed by atoms with E-state index in [0.717, 1.165) is 5.56 Å². The van der Waals surface area contributed by atoms with E-state index in [9.17, 15) is 0 Å². The lowest BCUT2D eigenvalue weighted by molar-refractivity contribution is 0.391. The minimum absolute atomic E-state index is 0.526. The first-order valence-corrected chi connectivity index (χ1v) is 3.28. The van der Waals surface area contributed by atoms with Gasteiger partial charge < -0.3 is 4.52 Å². The van der Waals surface area contributed by atoms with Gasteiger partial charge in [0.15, 0.2) is 10.6 Å². The van der Waals surface area contributed by atoms with Gasteiger partial charge in [-0.3, -0.25) is 0 Å². The summed E-state index contributed by atoms with van der Waals surface area (Å²) in [6, 6.07) is 0. The zero-order valence-electron chi connectivity index (χ0n) is 4.77. The molecule has 9 heavy (non-hydrogen) atoms. The zero-order chi connectivity index (χ0) is 6.85. The maximum Gasteiger partial charge on any atom is 0.172 e. The van der Waals surface area contributed by atoms with Gasteiger partial charge in [0, 0.05) is 5.56 Å². The van der Waals surface area contributed by atoms with Gasteiger partial charge in [-0.2, -0.15) is 0 Å². The molecule has 1 aromatic heterocycles. The van der Waals surface area contributed by atoms with Gasteiger partial charge in [-0.15, -0.1) is 0 Å². The molecule has 0 saturated heterocycles. The summed E-state index contributed by atoms with van der Waals surface area (Å²) in [5.74, 6) is 0.526. The van der Waals surface area contributed by atoms with E-state index in [1.807, 2.05) is 6.92 Å². The molecular weight excluding hydrogens is 161 g/mol. The molecule has 0 amide bonds. The molecule has 0 aliphatic rings. The zero-order valence-corrected chi connectivity index (χ0v) is 6.28. The Labute approximate surface area is 62.7 Å². The second kappa shape index (κ2) is 2.58. The van der Waals surface area contributed by atoms with Crippen LogP contribution in [-0.2, 0) is 0 Å². The van der Waals surface area contributed by atoms with Crippen LogP contribution in [0, 0.1) is 6.92 Å². The molecule has 0 fully saturated rings. The van der Waals surface area contributed by atoms with E-state index in [1.165, 1.54) is 0 Å². The van der Waals surface area contributed by atoms with Gasteiger partial charge in [-0.05, 0) is 6.92 Å². The summed E-state index contributed by atoms with van der Waals surface area (Å²) < 4.78 is 4.71. The van der Waals surface area contributed by atoms with Crippen LogP contribution in [0.4, 0.5) is 0 Å². The number of hydrogen-bond donors (Lipinski definition) is 0. The Morgan fingerprint density at radius 1 is 1.67 bits per heavy atom. The van der Waals surface area contributed by atoms with E-state index in [-0.39, 0.29) is 0 Å². The molecule has 0 aliphatic carbocycles. The highest BCUT2D eigenvalue weighted by atomic mass is 35.5. The fourth-order valence-corrected chi connectivity index (χ4v) is 0.934. The van der Waals surface area contributed by atoms with Gasteiger partial charge in [0.05, 0.1) is 6.20 Å². The molecule has 0 aromatic carbocycles. The molecule has 1 aromatic rings. The maximum absolute atomic E-state index is 5.48.